The predicted molar refractivity (Wildman–Crippen MR) is 103 cm³/mol. The molecule has 5 heterocycles. The Morgan fingerprint density at radius 2 is 2.11 bits per heavy atom. The molecular formula is C18H19N7OS. The van der Waals surface area contributed by atoms with Crippen molar-refractivity contribution in [2.45, 2.75) is 18.7 Å². The average Bonchev–Trinajstić information content (AvgIpc) is 3.19. The van der Waals surface area contributed by atoms with Gasteiger partial charge < -0.3 is 4.90 Å². The van der Waals surface area contributed by atoms with Gasteiger partial charge in [0, 0.05) is 49.6 Å². The Kier molecular flexibility index (Phi) is 4.16. The molecule has 8 nitrogen and oxygen atoms in total. The van der Waals surface area contributed by atoms with E-state index in [9.17, 15) is 4.79 Å². The molecule has 0 bridgehead atoms. The number of fused-ring (bicyclic) bond motifs is 1. The molecule has 1 saturated heterocycles. The highest BCUT2D eigenvalue weighted by Gasteiger charge is 2.29. The minimum absolute atomic E-state index is 0.00942. The van der Waals surface area contributed by atoms with Crippen molar-refractivity contribution in [3.05, 3.63) is 58.5 Å². The van der Waals surface area contributed by atoms with E-state index in [-0.39, 0.29) is 5.56 Å². The molecule has 27 heavy (non-hydrogen) atoms. The second-order valence-corrected chi connectivity index (χ2v) is 8.00. The van der Waals surface area contributed by atoms with Gasteiger partial charge in [0.05, 0.1) is 24.6 Å². The highest BCUT2D eigenvalue weighted by Crippen LogP contribution is 2.25. The van der Waals surface area contributed by atoms with Gasteiger partial charge in [-0.25, -0.2) is 14.3 Å². The zero-order valence-corrected chi connectivity index (χ0v) is 15.5. The van der Waals surface area contributed by atoms with Crippen LogP contribution < -0.4 is 10.5 Å². The van der Waals surface area contributed by atoms with E-state index in [1.807, 2.05) is 24.0 Å². The topological polar surface area (TPSA) is 81.7 Å². The summed E-state index contributed by atoms with van der Waals surface area (Å²) in [5, 5.41) is 8.81. The van der Waals surface area contributed by atoms with Crippen molar-refractivity contribution in [2.75, 3.05) is 23.7 Å². The number of anilines is 1. The zero-order valence-electron chi connectivity index (χ0n) is 14.7. The summed E-state index contributed by atoms with van der Waals surface area (Å²) in [6, 6.07) is 3.62. The highest BCUT2D eigenvalue weighted by molar-refractivity contribution is 7.98. The van der Waals surface area contributed by atoms with Gasteiger partial charge in [-0.15, -0.1) is 0 Å². The van der Waals surface area contributed by atoms with Crippen molar-refractivity contribution in [3.8, 4) is 5.82 Å². The number of aromatic nitrogens is 6. The molecule has 0 amide bonds. The standard InChI is InChI=1S/C18H19N7OS/c26-18-6-14-12-27-5-2-15(14)22-25(18)11-13-9-23(10-13)16-7-19-8-17(21-16)24-4-1-3-20-24/h1,3-4,6-8,13H,2,5,9-12H2. The fraction of sp³-hybridized carbons (Fsp3) is 0.389. The van der Waals surface area contributed by atoms with Gasteiger partial charge in [-0.05, 0) is 17.4 Å². The summed E-state index contributed by atoms with van der Waals surface area (Å²) in [6.07, 6.45) is 7.98. The number of aryl methyl sites for hydroxylation is 1. The Bertz CT molecular complexity index is 1010. The molecule has 9 heteroatoms. The lowest BCUT2D eigenvalue weighted by Crippen LogP contribution is -2.50. The fourth-order valence-corrected chi connectivity index (χ4v) is 4.47. The lowest BCUT2D eigenvalue weighted by molar-refractivity contribution is 0.330. The van der Waals surface area contributed by atoms with Crippen LogP contribution in [0.4, 0.5) is 5.82 Å². The smallest absolute Gasteiger partial charge is 0.267 e. The largest absolute Gasteiger partial charge is 0.354 e. The van der Waals surface area contributed by atoms with E-state index < -0.39 is 0 Å². The van der Waals surface area contributed by atoms with Crippen molar-refractivity contribution in [1.82, 2.24) is 29.5 Å². The van der Waals surface area contributed by atoms with E-state index >= 15 is 0 Å². The summed E-state index contributed by atoms with van der Waals surface area (Å²) in [7, 11) is 0. The first-order chi connectivity index (χ1) is 13.3. The number of nitrogens with zero attached hydrogens (tertiary/aromatic N) is 7. The van der Waals surface area contributed by atoms with Crippen molar-refractivity contribution in [2.24, 2.45) is 5.92 Å². The molecule has 2 aliphatic rings. The van der Waals surface area contributed by atoms with Crippen LogP contribution in [0, 0.1) is 5.92 Å². The molecule has 0 unspecified atom stereocenters. The molecule has 0 atom stereocenters. The van der Waals surface area contributed by atoms with Crippen LogP contribution in [0.15, 0.2) is 41.7 Å². The third-order valence-corrected chi connectivity index (χ3v) is 5.97. The van der Waals surface area contributed by atoms with Crippen LogP contribution in [-0.2, 0) is 18.7 Å². The van der Waals surface area contributed by atoms with Crippen LogP contribution in [0.25, 0.3) is 5.82 Å². The molecule has 0 aromatic carbocycles. The van der Waals surface area contributed by atoms with Gasteiger partial charge in [-0.2, -0.15) is 22.0 Å². The first kappa shape index (κ1) is 16.5. The van der Waals surface area contributed by atoms with Crippen molar-refractivity contribution in [3.63, 3.8) is 0 Å². The maximum atomic E-state index is 12.3. The van der Waals surface area contributed by atoms with Crippen LogP contribution in [0.1, 0.15) is 11.3 Å². The van der Waals surface area contributed by atoms with E-state index in [0.717, 1.165) is 48.1 Å². The molecule has 5 rings (SSSR count). The lowest BCUT2D eigenvalue weighted by Gasteiger charge is -2.40. The molecule has 2 aliphatic heterocycles. The van der Waals surface area contributed by atoms with Gasteiger partial charge in [-0.3, -0.25) is 9.78 Å². The summed E-state index contributed by atoms with van der Waals surface area (Å²) < 4.78 is 3.34. The van der Waals surface area contributed by atoms with E-state index in [1.54, 1.807) is 34.0 Å². The minimum atomic E-state index is 0.00942. The number of hydrogen-bond acceptors (Lipinski definition) is 7. The molecule has 0 spiro atoms. The van der Waals surface area contributed by atoms with E-state index in [2.05, 4.69) is 25.1 Å². The van der Waals surface area contributed by atoms with E-state index in [4.69, 9.17) is 0 Å². The minimum Gasteiger partial charge on any atom is -0.354 e. The SMILES string of the molecule is O=c1cc2c(nn1CC1CN(c3cncc(-n4cccn4)n3)C1)CCSC2. The molecule has 0 saturated carbocycles. The third-order valence-electron chi connectivity index (χ3n) is 4.97. The van der Waals surface area contributed by atoms with Gasteiger partial charge in [0.1, 0.15) is 5.82 Å². The number of rotatable bonds is 4. The summed E-state index contributed by atoms with van der Waals surface area (Å²) in [6.45, 7) is 2.35. The van der Waals surface area contributed by atoms with Crippen LogP contribution >= 0.6 is 11.8 Å². The lowest BCUT2D eigenvalue weighted by atomic mass is 10.0. The molecule has 1 fully saturated rings. The van der Waals surface area contributed by atoms with Crippen LogP contribution in [-0.4, -0.2) is 48.4 Å². The summed E-state index contributed by atoms with van der Waals surface area (Å²) in [5.74, 6) is 3.91. The van der Waals surface area contributed by atoms with Gasteiger partial charge in [-0.1, -0.05) is 0 Å². The molecule has 138 valence electrons. The monoisotopic (exact) mass is 381 g/mol. The molecule has 3 aromatic heterocycles. The van der Waals surface area contributed by atoms with Crippen molar-refractivity contribution >= 4 is 17.6 Å². The average molecular weight is 381 g/mol. The summed E-state index contributed by atoms with van der Waals surface area (Å²) in [4.78, 5) is 23.4. The Balaban J connectivity index is 1.27. The molecule has 3 aromatic rings. The highest BCUT2D eigenvalue weighted by atomic mass is 32.2. The first-order valence-electron chi connectivity index (χ1n) is 9.01. The van der Waals surface area contributed by atoms with E-state index in [0.29, 0.717) is 18.3 Å². The molecule has 0 radical (unpaired) electrons. The van der Waals surface area contributed by atoms with Crippen molar-refractivity contribution in [1.29, 1.82) is 0 Å². The van der Waals surface area contributed by atoms with Gasteiger partial charge >= 0.3 is 0 Å². The van der Waals surface area contributed by atoms with Crippen LogP contribution in [0.3, 0.4) is 0 Å². The normalized spacial score (nSPS) is 16.8. The second kappa shape index (κ2) is 6.80. The second-order valence-electron chi connectivity index (χ2n) is 6.90. The Morgan fingerprint density at radius 3 is 2.96 bits per heavy atom. The van der Waals surface area contributed by atoms with Crippen LogP contribution in [0.5, 0.6) is 0 Å². The predicted octanol–water partition coefficient (Wildman–Crippen LogP) is 1.14. The quantitative estimate of drug-likeness (QED) is 0.670. The fourth-order valence-electron chi connectivity index (χ4n) is 3.51. The number of thioether (sulfide) groups is 1. The molecular weight excluding hydrogens is 362 g/mol. The zero-order chi connectivity index (χ0) is 18.2. The summed E-state index contributed by atoms with van der Waals surface area (Å²) in [5.41, 5.74) is 2.20. The molecule has 0 aliphatic carbocycles. The third kappa shape index (κ3) is 3.23. The molecule has 0 N–H and O–H groups in total. The summed E-state index contributed by atoms with van der Waals surface area (Å²) >= 11 is 1.87. The van der Waals surface area contributed by atoms with Gasteiger partial charge in [0.2, 0.25) is 0 Å². The van der Waals surface area contributed by atoms with Crippen LogP contribution in [0.2, 0.25) is 0 Å². The van der Waals surface area contributed by atoms with E-state index in [1.165, 1.54) is 0 Å². The maximum Gasteiger partial charge on any atom is 0.267 e. The Hall–Kier alpha value is -2.68. The maximum absolute atomic E-state index is 12.3. The Morgan fingerprint density at radius 1 is 1.22 bits per heavy atom. The first-order valence-corrected chi connectivity index (χ1v) is 10.2. The Labute approximate surface area is 160 Å². The van der Waals surface area contributed by atoms with Gasteiger partial charge in [0.15, 0.2) is 5.82 Å². The number of hydrogen-bond donors (Lipinski definition) is 0. The van der Waals surface area contributed by atoms with Crippen molar-refractivity contribution < 1.29 is 0 Å². The van der Waals surface area contributed by atoms with Gasteiger partial charge in [0.25, 0.3) is 5.56 Å².